The van der Waals surface area contributed by atoms with Gasteiger partial charge in [-0.3, -0.25) is 4.98 Å². The van der Waals surface area contributed by atoms with Crippen LogP contribution in [0.1, 0.15) is 24.2 Å². The van der Waals surface area contributed by atoms with Gasteiger partial charge >= 0.3 is 0 Å². The molecule has 0 unspecified atom stereocenters. The molecule has 2 N–H and O–H groups in total. The Morgan fingerprint density at radius 2 is 2.19 bits per heavy atom. The van der Waals surface area contributed by atoms with E-state index >= 15 is 0 Å². The van der Waals surface area contributed by atoms with Gasteiger partial charge in [0.05, 0.1) is 5.69 Å². The summed E-state index contributed by atoms with van der Waals surface area (Å²) >= 11 is 2.02. The van der Waals surface area contributed by atoms with Crippen molar-refractivity contribution in [1.29, 1.82) is 0 Å². The van der Waals surface area contributed by atoms with Crippen molar-refractivity contribution in [1.82, 2.24) is 10.3 Å². The SMILES string of the molecule is Cc1ccc(O)c(CNC2CCSCC2)n1. The molecule has 1 aromatic rings. The van der Waals surface area contributed by atoms with Crippen LogP contribution in [-0.4, -0.2) is 27.6 Å². The van der Waals surface area contributed by atoms with E-state index in [9.17, 15) is 5.11 Å². The molecular weight excluding hydrogens is 220 g/mol. The smallest absolute Gasteiger partial charge is 0.138 e. The van der Waals surface area contributed by atoms with Crippen LogP contribution in [0.25, 0.3) is 0 Å². The van der Waals surface area contributed by atoms with Crippen LogP contribution < -0.4 is 5.32 Å². The van der Waals surface area contributed by atoms with Crippen LogP contribution in [0, 0.1) is 6.92 Å². The summed E-state index contributed by atoms with van der Waals surface area (Å²) < 4.78 is 0. The number of nitrogens with one attached hydrogen (secondary N) is 1. The first kappa shape index (κ1) is 11.7. The highest BCUT2D eigenvalue weighted by molar-refractivity contribution is 7.99. The van der Waals surface area contributed by atoms with Gasteiger partial charge in [-0.25, -0.2) is 0 Å². The Morgan fingerprint density at radius 1 is 1.44 bits per heavy atom. The molecule has 1 aliphatic rings. The first-order valence-electron chi connectivity index (χ1n) is 5.72. The summed E-state index contributed by atoms with van der Waals surface area (Å²) in [7, 11) is 0. The molecule has 16 heavy (non-hydrogen) atoms. The zero-order valence-corrected chi connectivity index (χ0v) is 10.4. The summed E-state index contributed by atoms with van der Waals surface area (Å²) in [6, 6.07) is 4.13. The third-order valence-electron chi connectivity index (χ3n) is 2.87. The third-order valence-corrected chi connectivity index (χ3v) is 3.92. The number of pyridine rings is 1. The van der Waals surface area contributed by atoms with Crippen LogP contribution >= 0.6 is 11.8 Å². The van der Waals surface area contributed by atoms with Crippen molar-refractivity contribution < 1.29 is 5.11 Å². The third kappa shape index (κ3) is 3.12. The number of hydrogen-bond donors (Lipinski definition) is 2. The number of aromatic nitrogens is 1. The van der Waals surface area contributed by atoms with E-state index in [0.717, 1.165) is 11.4 Å². The van der Waals surface area contributed by atoms with Crippen molar-refractivity contribution in [3.8, 4) is 5.75 Å². The molecule has 1 aliphatic heterocycles. The fourth-order valence-corrected chi connectivity index (χ4v) is 2.98. The highest BCUT2D eigenvalue weighted by Crippen LogP contribution is 2.19. The molecule has 0 amide bonds. The average Bonchev–Trinajstić information content (AvgIpc) is 2.32. The molecule has 0 bridgehead atoms. The molecule has 0 aliphatic carbocycles. The second kappa shape index (κ2) is 5.55. The van der Waals surface area contributed by atoms with E-state index in [-0.39, 0.29) is 0 Å². The number of nitrogens with zero attached hydrogens (tertiary/aromatic N) is 1. The number of rotatable bonds is 3. The summed E-state index contributed by atoms with van der Waals surface area (Å²) in [6.45, 7) is 2.61. The Balaban J connectivity index is 1.90. The Hall–Kier alpha value is -0.740. The van der Waals surface area contributed by atoms with Gasteiger partial charge in [0.15, 0.2) is 0 Å². The Labute approximate surface area is 101 Å². The lowest BCUT2D eigenvalue weighted by Gasteiger charge is -2.22. The minimum atomic E-state index is 0.295. The largest absolute Gasteiger partial charge is 0.506 e. The lowest BCUT2D eigenvalue weighted by atomic mass is 10.1. The van der Waals surface area contributed by atoms with Gasteiger partial charge in [-0.2, -0.15) is 11.8 Å². The predicted octanol–water partition coefficient (Wildman–Crippen LogP) is 2.08. The topological polar surface area (TPSA) is 45.1 Å². The fourth-order valence-electron chi connectivity index (χ4n) is 1.88. The van der Waals surface area contributed by atoms with Crippen molar-refractivity contribution in [3.05, 3.63) is 23.5 Å². The van der Waals surface area contributed by atoms with Crippen molar-refractivity contribution in [2.75, 3.05) is 11.5 Å². The molecule has 88 valence electrons. The van der Waals surface area contributed by atoms with Gasteiger partial charge in [0.25, 0.3) is 0 Å². The van der Waals surface area contributed by atoms with Crippen LogP contribution in [-0.2, 0) is 6.54 Å². The van der Waals surface area contributed by atoms with Crippen LogP contribution in [0.5, 0.6) is 5.75 Å². The lowest BCUT2D eigenvalue weighted by Crippen LogP contribution is -2.32. The van der Waals surface area contributed by atoms with E-state index in [0.29, 0.717) is 18.3 Å². The average molecular weight is 238 g/mol. The molecule has 2 heterocycles. The maximum atomic E-state index is 9.66. The molecule has 0 aromatic carbocycles. The molecule has 2 rings (SSSR count). The van der Waals surface area contributed by atoms with Gasteiger partial charge in [0.1, 0.15) is 5.75 Å². The normalized spacial score (nSPS) is 17.6. The molecule has 0 radical (unpaired) electrons. The summed E-state index contributed by atoms with van der Waals surface area (Å²) in [5, 5.41) is 13.1. The molecular formula is C12H18N2OS. The van der Waals surface area contributed by atoms with Gasteiger partial charge < -0.3 is 10.4 Å². The first-order chi connectivity index (χ1) is 7.75. The van der Waals surface area contributed by atoms with Gasteiger partial charge in [0.2, 0.25) is 0 Å². The Morgan fingerprint density at radius 3 is 2.94 bits per heavy atom. The number of aryl methyl sites for hydroxylation is 1. The molecule has 0 spiro atoms. The Kier molecular flexibility index (Phi) is 4.07. The number of hydrogen-bond acceptors (Lipinski definition) is 4. The van der Waals surface area contributed by atoms with Gasteiger partial charge in [-0.1, -0.05) is 0 Å². The zero-order valence-electron chi connectivity index (χ0n) is 9.57. The highest BCUT2D eigenvalue weighted by atomic mass is 32.2. The maximum absolute atomic E-state index is 9.66. The molecule has 1 fully saturated rings. The molecule has 0 atom stereocenters. The van der Waals surface area contributed by atoms with Crippen molar-refractivity contribution in [3.63, 3.8) is 0 Å². The van der Waals surface area contributed by atoms with Gasteiger partial charge in [0, 0.05) is 18.3 Å². The molecule has 4 heteroatoms. The second-order valence-electron chi connectivity index (χ2n) is 4.19. The van der Waals surface area contributed by atoms with Crippen molar-refractivity contribution in [2.24, 2.45) is 0 Å². The van der Waals surface area contributed by atoms with Gasteiger partial charge in [-0.05, 0) is 43.4 Å². The molecule has 1 aromatic heterocycles. The van der Waals surface area contributed by atoms with Crippen molar-refractivity contribution in [2.45, 2.75) is 32.4 Å². The summed E-state index contributed by atoms with van der Waals surface area (Å²) in [4.78, 5) is 4.34. The van der Waals surface area contributed by atoms with E-state index in [1.54, 1.807) is 6.07 Å². The monoisotopic (exact) mass is 238 g/mol. The number of thioether (sulfide) groups is 1. The zero-order chi connectivity index (χ0) is 11.4. The van der Waals surface area contributed by atoms with Crippen LogP contribution in [0.2, 0.25) is 0 Å². The Bertz CT molecular complexity index is 351. The van der Waals surface area contributed by atoms with E-state index in [4.69, 9.17) is 0 Å². The molecule has 3 nitrogen and oxygen atoms in total. The fraction of sp³-hybridized carbons (Fsp3) is 0.583. The minimum absolute atomic E-state index is 0.295. The summed E-state index contributed by atoms with van der Waals surface area (Å²) in [5.74, 6) is 2.78. The van der Waals surface area contributed by atoms with E-state index < -0.39 is 0 Å². The minimum Gasteiger partial charge on any atom is -0.506 e. The summed E-state index contributed by atoms with van der Waals surface area (Å²) in [6.07, 6.45) is 2.44. The molecule has 1 saturated heterocycles. The maximum Gasteiger partial charge on any atom is 0.138 e. The first-order valence-corrected chi connectivity index (χ1v) is 6.88. The predicted molar refractivity (Wildman–Crippen MR) is 67.8 cm³/mol. The van der Waals surface area contributed by atoms with Crippen LogP contribution in [0.4, 0.5) is 0 Å². The van der Waals surface area contributed by atoms with Crippen LogP contribution in [0.3, 0.4) is 0 Å². The standard InChI is InChI=1S/C12H18N2OS/c1-9-2-3-12(15)11(14-9)8-13-10-4-6-16-7-5-10/h2-3,10,13,15H,4-8H2,1H3. The van der Waals surface area contributed by atoms with E-state index in [1.165, 1.54) is 24.3 Å². The summed E-state index contributed by atoms with van der Waals surface area (Å²) in [5.41, 5.74) is 1.71. The highest BCUT2D eigenvalue weighted by Gasteiger charge is 2.13. The van der Waals surface area contributed by atoms with Gasteiger partial charge in [-0.15, -0.1) is 0 Å². The van der Waals surface area contributed by atoms with E-state index in [2.05, 4.69) is 10.3 Å². The lowest BCUT2D eigenvalue weighted by molar-refractivity contribution is 0.440. The second-order valence-corrected chi connectivity index (χ2v) is 5.41. The van der Waals surface area contributed by atoms with E-state index in [1.807, 2.05) is 24.8 Å². The number of aromatic hydroxyl groups is 1. The quantitative estimate of drug-likeness (QED) is 0.846. The molecule has 0 saturated carbocycles. The van der Waals surface area contributed by atoms with Crippen molar-refractivity contribution >= 4 is 11.8 Å². The van der Waals surface area contributed by atoms with Crippen LogP contribution in [0.15, 0.2) is 12.1 Å².